The van der Waals surface area contributed by atoms with Gasteiger partial charge in [-0.25, -0.2) is 0 Å². The molecule has 2 rings (SSSR count). The average molecular weight is 253 g/mol. The molecular formula is C10H5ClN2O4. The number of nitro groups is 1. The Morgan fingerprint density at radius 1 is 1.35 bits per heavy atom. The molecule has 86 valence electrons. The fourth-order valence-corrected chi connectivity index (χ4v) is 1.62. The summed E-state index contributed by atoms with van der Waals surface area (Å²) in [5.74, 6) is -0.890. The summed E-state index contributed by atoms with van der Waals surface area (Å²) in [5, 5.41) is 9.78. The lowest BCUT2D eigenvalue weighted by atomic mass is 10.1. The molecule has 6 nitrogen and oxygen atoms in total. The molecule has 0 atom stereocenters. The number of nitrogens with zero attached hydrogens (tertiary/aromatic N) is 1. The van der Waals surface area contributed by atoms with Crippen LogP contribution in [0.3, 0.4) is 0 Å². The molecule has 2 aromatic rings. The van der Waals surface area contributed by atoms with E-state index >= 15 is 0 Å². The number of carbonyl (C=O) groups excluding carboxylic acids is 2. The van der Waals surface area contributed by atoms with Crippen molar-refractivity contribution in [2.45, 2.75) is 0 Å². The fraction of sp³-hybridized carbons (Fsp3) is 0. The van der Waals surface area contributed by atoms with Gasteiger partial charge in [-0.05, 0) is 17.7 Å². The van der Waals surface area contributed by atoms with E-state index in [4.69, 9.17) is 11.6 Å². The van der Waals surface area contributed by atoms with Crippen molar-refractivity contribution in [3.8, 4) is 0 Å². The molecule has 0 unspecified atom stereocenters. The topological polar surface area (TPSA) is 93.1 Å². The van der Waals surface area contributed by atoms with E-state index in [1.807, 2.05) is 0 Å². The lowest BCUT2D eigenvalue weighted by Crippen LogP contribution is -2.06. The minimum Gasteiger partial charge on any atom is -0.360 e. The van der Waals surface area contributed by atoms with Crippen LogP contribution in [-0.2, 0) is 4.79 Å². The van der Waals surface area contributed by atoms with Gasteiger partial charge in [-0.1, -0.05) is 0 Å². The minimum atomic E-state index is -1.13. The number of aromatic nitrogens is 1. The summed E-state index contributed by atoms with van der Waals surface area (Å²) >= 11 is 5.09. The third kappa shape index (κ3) is 1.90. The normalized spacial score (nSPS) is 10.4. The van der Waals surface area contributed by atoms with E-state index in [0.717, 1.165) is 0 Å². The number of fused-ring (bicyclic) bond motifs is 1. The minimum absolute atomic E-state index is 0.0312. The van der Waals surface area contributed by atoms with E-state index in [-0.39, 0.29) is 11.3 Å². The van der Waals surface area contributed by atoms with Crippen LogP contribution in [0.1, 0.15) is 10.4 Å². The van der Waals surface area contributed by atoms with Crippen LogP contribution >= 0.6 is 11.6 Å². The lowest BCUT2D eigenvalue weighted by Gasteiger charge is -1.94. The highest BCUT2D eigenvalue weighted by Crippen LogP contribution is 2.24. The Kier molecular flexibility index (Phi) is 2.64. The maximum absolute atomic E-state index is 11.4. The van der Waals surface area contributed by atoms with Crippen molar-refractivity contribution in [3.05, 3.63) is 40.1 Å². The van der Waals surface area contributed by atoms with Gasteiger partial charge in [0, 0.05) is 29.2 Å². The molecule has 0 saturated carbocycles. The molecule has 0 aliphatic rings. The van der Waals surface area contributed by atoms with Crippen LogP contribution in [0.2, 0.25) is 0 Å². The third-order valence-electron chi connectivity index (χ3n) is 2.30. The Labute approximate surface area is 99.3 Å². The summed E-state index contributed by atoms with van der Waals surface area (Å²) in [6.07, 6.45) is 1.30. The molecule has 1 N–H and O–H groups in total. The number of halogens is 1. The first-order valence-corrected chi connectivity index (χ1v) is 4.88. The number of carbonyl (C=O) groups is 2. The second-order valence-electron chi connectivity index (χ2n) is 3.29. The quantitative estimate of drug-likeness (QED) is 0.297. The predicted molar refractivity (Wildman–Crippen MR) is 60.1 cm³/mol. The highest BCUT2D eigenvalue weighted by Gasteiger charge is 2.19. The molecule has 0 spiro atoms. The van der Waals surface area contributed by atoms with E-state index in [1.165, 1.54) is 24.4 Å². The number of H-pyrrole nitrogens is 1. The summed E-state index contributed by atoms with van der Waals surface area (Å²) < 4.78 is 0. The Morgan fingerprint density at radius 2 is 2.06 bits per heavy atom. The number of hydrogen-bond donors (Lipinski definition) is 1. The number of ketones is 1. The smallest absolute Gasteiger partial charge is 0.293 e. The molecular weight excluding hydrogens is 248 g/mol. The Balaban J connectivity index is 2.66. The van der Waals surface area contributed by atoms with Crippen molar-refractivity contribution in [2.75, 3.05) is 0 Å². The summed E-state index contributed by atoms with van der Waals surface area (Å²) in [6.45, 7) is 0. The van der Waals surface area contributed by atoms with Gasteiger partial charge >= 0.3 is 0 Å². The first-order chi connectivity index (χ1) is 8.00. The maximum atomic E-state index is 11.4. The second kappa shape index (κ2) is 3.99. The monoisotopic (exact) mass is 252 g/mol. The van der Waals surface area contributed by atoms with E-state index < -0.39 is 15.9 Å². The van der Waals surface area contributed by atoms with Crippen molar-refractivity contribution < 1.29 is 14.5 Å². The zero-order valence-corrected chi connectivity index (χ0v) is 9.02. The molecule has 0 radical (unpaired) electrons. The largest absolute Gasteiger partial charge is 0.360 e. The van der Waals surface area contributed by atoms with Crippen molar-refractivity contribution in [1.29, 1.82) is 0 Å². The summed E-state index contributed by atoms with van der Waals surface area (Å²) in [5.41, 5.74) is 0.397. The molecule has 1 heterocycles. The third-order valence-corrected chi connectivity index (χ3v) is 2.47. The van der Waals surface area contributed by atoms with Crippen LogP contribution in [0.25, 0.3) is 10.9 Å². The molecule has 1 aromatic carbocycles. The first kappa shape index (κ1) is 11.3. The number of hydrogen-bond acceptors (Lipinski definition) is 4. The van der Waals surface area contributed by atoms with E-state index in [1.54, 1.807) is 0 Å². The SMILES string of the molecule is O=C(Cl)C(=O)c1c[nH]c2ccc([N+](=O)[O-])cc12. The Hall–Kier alpha value is -2.21. The number of nitrogens with one attached hydrogen (secondary N) is 1. The highest BCUT2D eigenvalue weighted by atomic mass is 35.5. The molecule has 0 fully saturated rings. The molecule has 7 heteroatoms. The highest BCUT2D eigenvalue weighted by molar-refractivity contribution is 6.83. The number of nitro benzene ring substituents is 1. The van der Waals surface area contributed by atoms with Crippen molar-refractivity contribution in [2.24, 2.45) is 0 Å². The van der Waals surface area contributed by atoms with Gasteiger partial charge in [0.1, 0.15) is 0 Å². The van der Waals surface area contributed by atoms with Crippen LogP contribution in [0.5, 0.6) is 0 Å². The molecule has 0 amide bonds. The van der Waals surface area contributed by atoms with Gasteiger partial charge in [0.25, 0.3) is 10.9 Å². The zero-order valence-electron chi connectivity index (χ0n) is 8.27. The maximum Gasteiger partial charge on any atom is 0.293 e. The van der Waals surface area contributed by atoms with Crippen LogP contribution in [0.4, 0.5) is 5.69 Å². The van der Waals surface area contributed by atoms with Crippen LogP contribution in [0, 0.1) is 10.1 Å². The van der Waals surface area contributed by atoms with E-state index in [9.17, 15) is 19.7 Å². The number of non-ortho nitro benzene ring substituents is 1. The second-order valence-corrected chi connectivity index (χ2v) is 3.64. The van der Waals surface area contributed by atoms with E-state index in [0.29, 0.717) is 10.9 Å². The lowest BCUT2D eigenvalue weighted by molar-refractivity contribution is -0.384. The van der Waals surface area contributed by atoms with Gasteiger partial charge in [-0.15, -0.1) is 0 Å². The molecule has 0 aliphatic heterocycles. The van der Waals surface area contributed by atoms with Crippen molar-refractivity contribution in [3.63, 3.8) is 0 Å². The summed E-state index contributed by atoms with van der Waals surface area (Å²) in [7, 11) is 0. The van der Waals surface area contributed by atoms with Crippen LogP contribution < -0.4 is 0 Å². The van der Waals surface area contributed by atoms with Gasteiger partial charge in [0.2, 0.25) is 5.78 Å². The molecule has 0 bridgehead atoms. The van der Waals surface area contributed by atoms with E-state index in [2.05, 4.69) is 4.98 Å². The van der Waals surface area contributed by atoms with Gasteiger partial charge < -0.3 is 4.98 Å². The van der Waals surface area contributed by atoms with Gasteiger partial charge in [0.05, 0.1) is 10.5 Å². The van der Waals surface area contributed by atoms with Gasteiger partial charge in [-0.3, -0.25) is 19.7 Å². The number of benzene rings is 1. The number of Topliss-reactive ketones (excluding diaryl/α,β-unsaturated/α-hetero) is 1. The zero-order chi connectivity index (χ0) is 12.6. The standard InChI is InChI=1S/C10H5ClN2O4/c11-10(15)9(14)7-4-12-8-2-1-5(13(16)17)3-6(7)8/h1-4,12H. The van der Waals surface area contributed by atoms with Crippen LogP contribution in [0.15, 0.2) is 24.4 Å². The fourth-order valence-electron chi connectivity index (χ4n) is 1.52. The van der Waals surface area contributed by atoms with Crippen LogP contribution in [-0.4, -0.2) is 20.9 Å². The molecule has 0 saturated heterocycles. The molecule has 1 aromatic heterocycles. The van der Waals surface area contributed by atoms with Gasteiger partial charge in [-0.2, -0.15) is 0 Å². The first-order valence-electron chi connectivity index (χ1n) is 4.50. The number of aromatic amines is 1. The predicted octanol–water partition coefficient (Wildman–Crippen LogP) is 2.02. The average Bonchev–Trinajstić information content (AvgIpc) is 2.70. The number of rotatable bonds is 3. The molecule has 0 aliphatic carbocycles. The summed E-state index contributed by atoms with van der Waals surface area (Å²) in [6, 6.07) is 3.98. The molecule has 17 heavy (non-hydrogen) atoms. The van der Waals surface area contributed by atoms with Crippen molar-refractivity contribution in [1.82, 2.24) is 4.98 Å². The van der Waals surface area contributed by atoms with Gasteiger partial charge in [0.15, 0.2) is 0 Å². The Bertz CT molecular complexity index is 647. The Morgan fingerprint density at radius 3 is 2.65 bits per heavy atom. The van der Waals surface area contributed by atoms with Crippen molar-refractivity contribution >= 4 is 39.2 Å². The summed E-state index contributed by atoms with van der Waals surface area (Å²) in [4.78, 5) is 35.0.